The Bertz CT molecular complexity index is 138. The molecule has 0 spiro atoms. The SMILES string of the molecule is CCCN=C(NN)NCCCSC. The van der Waals surface area contributed by atoms with Crippen molar-refractivity contribution in [2.75, 3.05) is 25.1 Å². The van der Waals surface area contributed by atoms with E-state index in [0.29, 0.717) is 5.96 Å². The smallest absolute Gasteiger partial charge is 0.205 e. The van der Waals surface area contributed by atoms with Crippen LogP contribution in [0.3, 0.4) is 0 Å². The molecule has 0 aliphatic heterocycles. The number of thioether (sulfide) groups is 1. The molecule has 13 heavy (non-hydrogen) atoms. The van der Waals surface area contributed by atoms with E-state index in [2.05, 4.69) is 28.9 Å². The van der Waals surface area contributed by atoms with Crippen molar-refractivity contribution < 1.29 is 0 Å². The van der Waals surface area contributed by atoms with Crippen LogP contribution in [0.1, 0.15) is 19.8 Å². The van der Waals surface area contributed by atoms with Crippen molar-refractivity contribution in [1.29, 1.82) is 0 Å². The lowest BCUT2D eigenvalue weighted by atomic mass is 10.5. The summed E-state index contributed by atoms with van der Waals surface area (Å²) in [5, 5.41) is 3.14. The fourth-order valence-corrected chi connectivity index (χ4v) is 1.23. The fraction of sp³-hybridized carbons (Fsp3) is 0.875. The van der Waals surface area contributed by atoms with E-state index >= 15 is 0 Å². The van der Waals surface area contributed by atoms with Crippen LogP contribution in [0.2, 0.25) is 0 Å². The van der Waals surface area contributed by atoms with Gasteiger partial charge >= 0.3 is 0 Å². The highest BCUT2D eigenvalue weighted by Gasteiger charge is 1.92. The van der Waals surface area contributed by atoms with E-state index in [1.807, 2.05) is 11.8 Å². The molecule has 4 nitrogen and oxygen atoms in total. The predicted octanol–water partition coefficient (Wildman–Crippen LogP) is 0.558. The normalized spacial score (nSPS) is 11.5. The summed E-state index contributed by atoms with van der Waals surface area (Å²) in [4.78, 5) is 4.22. The summed E-state index contributed by atoms with van der Waals surface area (Å²) in [6.45, 7) is 3.83. The summed E-state index contributed by atoms with van der Waals surface area (Å²) in [7, 11) is 0. The Morgan fingerprint density at radius 1 is 1.54 bits per heavy atom. The average molecular weight is 204 g/mol. The number of guanidine groups is 1. The molecule has 0 atom stereocenters. The van der Waals surface area contributed by atoms with Crippen molar-refractivity contribution in [2.45, 2.75) is 19.8 Å². The van der Waals surface area contributed by atoms with Gasteiger partial charge in [0.05, 0.1) is 0 Å². The molecule has 0 aromatic carbocycles. The zero-order chi connectivity index (χ0) is 9.94. The van der Waals surface area contributed by atoms with E-state index in [1.165, 1.54) is 5.75 Å². The Morgan fingerprint density at radius 3 is 2.85 bits per heavy atom. The van der Waals surface area contributed by atoms with Gasteiger partial charge in [-0.1, -0.05) is 6.92 Å². The maximum Gasteiger partial charge on any atom is 0.205 e. The van der Waals surface area contributed by atoms with Crippen LogP contribution in [0.15, 0.2) is 4.99 Å². The van der Waals surface area contributed by atoms with E-state index < -0.39 is 0 Å². The molecular weight excluding hydrogens is 184 g/mol. The lowest BCUT2D eigenvalue weighted by molar-refractivity contribution is 0.790. The third-order valence-corrected chi connectivity index (χ3v) is 2.14. The van der Waals surface area contributed by atoms with Crippen LogP contribution < -0.4 is 16.6 Å². The number of nitrogens with zero attached hydrogens (tertiary/aromatic N) is 1. The molecule has 78 valence electrons. The van der Waals surface area contributed by atoms with Gasteiger partial charge in [0.1, 0.15) is 0 Å². The number of aliphatic imine (C=N–C) groups is 1. The maximum atomic E-state index is 5.28. The molecule has 0 heterocycles. The van der Waals surface area contributed by atoms with Crippen molar-refractivity contribution in [1.82, 2.24) is 10.7 Å². The minimum absolute atomic E-state index is 0.697. The monoisotopic (exact) mass is 204 g/mol. The fourth-order valence-electron chi connectivity index (χ4n) is 0.799. The van der Waals surface area contributed by atoms with Gasteiger partial charge in [0.15, 0.2) is 0 Å². The molecule has 0 unspecified atom stereocenters. The van der Waals surface area contributed by atoms with Gasteiger partial charge in [-0.3, -0.25) is 10.4 Å². The van der Waals surface area contributed by atoms with Crippen molar-refractivity contribution in [3.05, 3.63) is 0 Å². The van der Waals surface area contributed by atoms with Gasteiger partial charge in [-0.15, -0.1) is 0 Å². The van der Waals surface area contributed by atoms with Gasteiger partial charge in [-0.05, 0) is 24.9 Å². The first-order valence-corrected chi connectivity index (χ1v) is 5.98. The largest absolute Gasteiger partial charge is 0.355 e. The van der Waals surface area contributed by atoms with Gasteiger partial charge in [0.2, 0.25) is 5.96 Å². The summed E-state index contributed by atoms with van der Waals surface area (Å²) in [5.41, 5.74) is 2.55. The summed E-state index contributed by atoms with van der Waals surface area (Å²) in [5.74, 6) is 7.14. The number of rotatable bonds is 6. The standard InChI is InChI=1S/C8H20N4S/c1-3-5-10-8(12-9)11-6-4-7-13-2/h3-7,9H2,1-2H3,(H2,10,11,12). The molecular formula is C8H20N4S. The molecule has 5 heteroatoms. The van der Waals surface area contributed by atoms with Crippen molar-refractivity contribution in [3.8, 4) is 0 Å². The van der Waals surface area contributed by atoms with Crippen molar-refractivity contribution >= 4 is 17.7 Å². The lowest BCUT2D eigenvalue weighted by Crippen LogP contribution is -2.42. The first-order chi connectivity index (χ1) is 6.35. The lowest BCUT2D eigenvalue weighted by Gasteiger charge is -2.07. The van der Waals surface area contributed by atoms with Crippen LogP contribution in [-0.2, 0) is 0 Å². The zero-order valence-corrected chi connectivity index (χ0v) is 9.28. The third kappa shape index (κ3) is 7.93. The Morgan fingerprint density at radius 2 is 2.31 bits per heavy atom. The Hall–Kier alpha value is -0.420. The van der Waals surface area contributed by atoms with Crippen LogP contribution in [-0.4, -0.2) is 31.1 Å². The summed E-state index contributed by atoms with van der Waals surface area (Å²) < 4.78 is 0. The zero-order valence-electron chi connectivity index (χ0n) is 8.47. The number of hydrogen-bond donors (Lipinski definition) is 3. The summed E-state index contributed by atoms with van der Waals surface area (Å²) in [6.07, 6.45) is 4.28. The highest BCUT2D eigenvalue weighted by Crippen LogP contribution is 1.92. The molecule has 0 fully saturated rings. The van der Waals surface area contributed by atoms with E-state index in [0.717, 1.165) is 25.9 Å². The molecule has 0 saturated carbocycles. The van der Waals surface area contributed by atoms with Crippen LogP contribution in [0.4, 0.5) is 0 Å². The number of hydrazine groups is 1. The number of nitrogens with two attached hydrogens (primary N) is 1. The highest BCUT2D eigenvalue weighted by molar-refractivity contribution is 7.98. The van der Waals surface area contributed by atoms with Gasteiger partial charge < -0.3 is 5.32 Å². The predicted molar refractivity (Wildman–Crippen MR) is 60.9 cm³/mol. The second kappa shape index (κ2) is 9.67. The molecule has 0 amide bonds. The minimum atomic E-state index is 0.697. The van der Waals surface area contributed by atoms with Crippen LogP contribution in [0, 0.1) is 0 Å². The minimum Gasteiger partial charge on any atom is -0.355 e. The number of hydrogen-bond acceptors (Lipinski definition) is 3. The van der Waals surface area contributed by atoms with Gasteiger partial charge in [0.25, 0.3) is 0 Å². The molecule has 0 rings (SSSR count). The topological polar surface area (TPSA) is 62.4 Å². The Balaban J connectivity index is 3.47. The van der Waals surface area contributed by atoms with Gasteiger partial charge in [-0.25, -0.2) is 5.84 Å². The molecule has 0 aliphatic rings. The summed E-state index contributed by atoms with van der Waals surface area (Å²) in [6, 6.07) is 0. The Labute approximate surface area is 84.7 Å². The second-order valence-electron chi connectivity index (χ2n) is 2.65. The third-order valence-electron chi connectivity index (χ3n) is 1.45. The van der Waals surface area contributed by atoms with E-state index in [4.69, 9.17) is 5.84 Å². The average Bonchev–Trinajstić information content (AvgIpc) is 2.17. The quantitative estimate of drug-likeness (QED) is 0.194. The van der Waals surface area contributed by atoms with Crippen molar-refractivity contribution in [2.24, 2.45) is 10.8 Å². The summed E-state index contributed by atoms with van der Waals surface area (Å²) >= 11 is 1.85. The molecule has 0 aromatic heterocycles. The second-order valence-corrected chi connectivity index (χ2v) is 3.63. The molecule has 4 N–H and O–H groups in total. The van der Waals surface area contributed by atoms with E-state index in [-0.39, 0.29) is 0 Å². The highest BCUT2D eigenvalue weighted by atomic mass is 32.2. The Kier molecular flexibility index (Phi) is 9.35. The number of nitrogens with one attached hydrogen (secondary N) is 2. The van der Waals surface area contributed by atoms with E-state index in [9.17, 15) is 0 Å². The van der Waals surface area contributed by atoms with Gasteiger partial charge in [-0.2, -0.15) is 11.8 Å². The molecule has 0 aromatic rings. The molecule has 0 saturated heterocycles. The van der Waals surface area contributed by atoms with Crippen LogP contribution in [0.5, 0.6) is 0 Å². The first-order valence-electron chi connectivity index (χ1n) is 4.59. The van der Waals surface area contributed by atoms with Crippen LogP contribution in [0.25, 0.3) is 0 Å². The van der Waals surface area contributed by atoms with Gasteiger partial charge in [0, 0.05) is 13.1 Å². The molecule has 0 aliphatic carbocycles. The molecule has 0 radical (unpaired) electrons. The van der Waals surface area contributed by atoms with E-state index in [1.54, 1.807) is 0 Å². The van der Waals surface area contributed by atoms with Crippen LogP contribution >= 0.6 is 11.8 Å². The van der Waals surface area contributed by atoms with Crippen molar-refractivity contribution in [3.63, 3.8) is 0 Å². The molecule has 0 bridgehead atoms. The first kappa shape index (κ1) is 12.6. The maximum absolute atomic E-state index is 5.28.